The standard InChI is InChI=1S/C25H30N4O5S/c1-17(24-26-13-14-27-24)29-15-11-20(12-16-29)23(25(30)31)28-35(32,33)22-9-5-19(6-10-22)18-3-7-21(34-2)8-4-18/h3-10,13-14,17,20,23,28H,11-12,15-16H2,1-2H3,(H,26,27)(H,30,31). The van der Waals surface area contributed by atoms with Crippen LogP contribution in [0, 0.1) is 5.92 Å². The highest BCUT2D eigenvalue weighted by Crippen LogP contribution is 2.28. The van der Waals surface area contributed by atoms with E-state index >= 15 is 0 Å². The van der Waals surface area contributed by atoms with Crippen LogP contribution in [0.2, 0.25) is 0 Å². The quantitative estimate of drug-likeness (QED) is 0.413. The van der Waals surface area contributed by atoms with Crippen LogP contribution in [0.3, 0.4) is 0 Å². The summed E-state index contributed by atoms with van der Waals surface area (Å²) in [5.41, 5.74) is 1.76. The van der Waals surface area contributed by atoms with Gasteiger partial charge in [0, 0.05) is 12.4 Å². The van der Waals surface area contributed by atoms with Crippen LogP contribution in [-0.2, 0) is 14.8 Å². The molecule has 2 unspecified atom stereocenters. The number of carboxylic acids is 1. The molecule has 0 amide bonds. The third kappa shape index (κ3) is 5.72. The predicted molar refractivity (Wildman–Crippen MR) is 131 cm³/mol. The first-order chi connectivity index (χ1) is 16.8. The predicted octanol–water partition coefficient (Wildman–Crippen LogP) is 3.29. The Kier molecular flexibility index (Phi) is 7.54. The monoisotopic (exact) mass is 498 g/mol. The van der Waals surface area contributed by atoms with Crippen molar-refractivity contribution in [1.29, 1.82) is 0 Å². The highest BCUT2D eigenvalue weighted by atomic mass is 32.2. The van der Waals surface area contributed by atoms with Crippen LogP contribution in [0.5, 0.6) is 5.75 Å². The Morgan fingerprint density at radius 3 is 2.23 bits per heavy atom. The maximum atomic E-state index is 13.0. The summed E-state index contributed by atoms with van der Waals surface area (Å²) in [7, 11) is -2.41. The molecule has 9 nitrogen and oxygen atoms in total. The fourth-order valence-corrected chi connectivity index (χ4v) is 5.77. The van der Waals surface area contributed by atoms with Crippen LogP contribution in [0.4, 0.5) is 0 Å². The first-order valence-electron chi connectivity index (χ1n) is 11.5. The van der Waals surface area contributed by atoms with E-state index in [1.165, 1.54) is 12.1 Å². The van der Waals surface area contributed by atoms with Crippen LogP contribution in [0.15, 0.2) is 65.8 Å². The van der Waals surface area contributed by atoms with Gasteiger partial charge in [0.15, 0.2) is 0 Å². The smallest absolute Gasteiger partial charge is 0.322 e. The summed E-state index contributed by atoms with van der Waals surface area (Å²) in [6.45, 7) is 3.37. The number of carbonyl (C=O) groups is 1. The lowest BCUT2D eigenvalue weighted by atomic mass is 9.89. The van der Waals surface area contributed by atoms with Gasteiger partial charge in [0.2, 0.25) is 10.0 Å². The topological polar surface area (TPSA) is 125 Å². The minimum absolute atomic E-state index is 0.0323. The zero-order valence-corrected chi connectivity index (χ0v) is 20.5. The van der Waals surface area contributed by atoms with Gasteiger partial charge in [-0.25, -0.2) is 13.4 Å². The maximum absolute atomic E-state index is 13.0. The summed E-state index contributed by atoms with van der Waals surface area (Å²) in [5.74, 6) is 0.122. The van der Waals surface area contributed by atoms with Crippen molar-refractivity contribution in [3.05, 3.63) is 66.7 Å². The van der Waals surface area contributed by atoms with Crippen molar-refractivity contribution in [2.75, 3.05) is 20.2 Å². The number of methoxy groups -OCH3 is 1. The molecule has 0 spiro atoms. The second kappa shape index (κ2) is 10.6. The number of aromatic nitrogens is 2. The van der Waals surface area contributed by atoms with E-state index in [2.05, 4.69) is 19.6 Å². The van der Waals surface area contributed by atoms with E-state index in [1.807, 2.05) is 31.2 Å². The molecule has 2 aromatic carbocycles. The largest absolute Gasteiger partial charge is 0.497 e. The minimum atomic E-state index is -4.01. The van der Waals surface area contributed by atoms with Gasteiger partial charge in [-0.1, -0.05) is 24.3 Å². The summed E-state index contributed by atoms with van der Waals surface area (Å²) in [6, 6.07) is 12.7. The highest BCUT2D eigenvalue weighted by Gasteiger charge is 2.36. The molecule has 0 aliphatic carbocycles. The van der Waals surface area contributed by atoms with E-state index in [1.54, 1.807) is 31.6 Å². The molecule has 0 bridgehead atoms. The van der Waals surface area contributed by atoms with E-state index in [0.29, 0.717) is 25.9 Å². The molecule has 0 saturated carbocycles. The van der Waals surface area contributed by atoms with E-state index < -0.39 is 22.0 Å². The van der Waals surface area contributed by atoms with Gasteiger partial charge in [0.25, 0.3) is 0 Å². The van der Waals surface area contributed by atoms with Gasteiger partial charge in [-0.2, -0.15) is 4.72 Å². The lowest BCUT2D eigenvalue weighted by Gasteiger charge is -2.37. The number of aliphatic carboxylic acids is 1. The molecular formula is C25H30N4O5S. The maximum Gasteiger partial charge on any atom is 0.322 e. The van der Waals surface area contributed by atoms with Crippen molar-refractivity contribution in [3.63, 3.8) is 0 Å². The molecule has 4 rings (SSSR count). The van der Waals surface area contributed by atoms with Crippen molar-refractivity contribution in [3.8, 4) is 16.9 Å². The van der Waals surface area contributed by atoms with Gasteiger partial charge >= 0.3 is 5.97 Å². The van der Waals surface area contributed by atoms with Crippen LogP contribution in [0.1, 0.15) is 31.6 Å². The van der Waals surface area contributed by atoms with Gasteiger partial charge < -0.3 is 14.8 Å². The minimum Gasteiger partial charge on any atom is -0.497 e. The number of likely N-dealkylation sites (tertiary alicyclic amines) is 1. The number of aromatic amines is 1. The lowest BCUT2D eigenvalue weighted by Crippen LogP contribution is -2.49. The average molecular weight is 499 g/mol. The Morgan fingerprint density at radius 2 is 1.71 bits per heavy atom. The van der Waals surface area contributed by atoms with Crippen LogP contribution in [-0.4, -0.2) is 60.6 Å². The normalized spacial score (nSPS) is 17.1. The summed E-state index contributed by atoms with van der Waals surface area (Å²) in [4.78, 5) is 21.7. The van der Waals surface area contributed by atoms with Gasteiger partial charge in [-0.3, -0.25) is 9.69 Å². The number of ether oxygens (including phenoxy) is 1. The van der Waals surface area contributed by atoms with Crippen molar-refractivity contribution in [2.45, 2.75) is 36.7 Å². The molecule has 1 aliphatic heterocycles. The number of rotatable bonds is 9. The van der Waals surface area contributed by atoms with E-state index in [0.717, 1.165) is 22.7 Å². The second-order valence-electron chi connectivity index (χ2n) is 8.71. The Balaban J connectivity index is 1.42. The number of nitrogens with one attached hydrogen (secondary N) is 2. The van der Waals surface area contributed by atoms with Crippen molar-refractivity contribution in [2.24, 2.45) is 5.92 Å². The molecule has 3 aromatic rings. The molecule has 0 radical (unpaired) electrons. The van der Waals surface area contributed by atoms with E-state index in [-0.39, 0.29) is 16.9 Å². The van der Waals surface area contributed by atoms with Crippen LogP contribution >= 0.6 is 0 Å². The Morgan fingerprint density at radius 1 is 1.11 bits per heavy atom. The third-order valence-electron chi connectivity index (χ3n) is 6.64. The van der Waals surface area contributed by atoms with Gasteiger partial charge in [0.1, 0.15) is 17.6 Å². The SMILES string of the molecule is COc1ccc(-c2ccc(S(=O)(=O)NC(C(=O)O)C3CCN(C(C)c4ncc[nH]4)CC3)cc2)cc1. The van der Waals surface area contributed by atoms with Crippen LogP contribution < -0.4 is 9.46 Å². The Bertz CT molecular complexity index is 1220. The average Bonchev–Trinajstić information content (AvgIpc) is 3.42. The molecule has 186 valence electrons. The van der Waals surface area contributed by atoms with Crippen molar-refractivity contribution < 1.29 is 23.1 Å². The number of sulfonamides is 1. The number of piperidine rings is 1. The van der Waals surface area contributed by atoms with Crippen molar-refractivity contribution in [1.82, 2.24) is 19.6 Å². The molecule has 3 N–H and O–H groups in total. The van der Waals surface area contributed by atoms with Gasteiger partial charge in [0.05, 0.1) is 18.0 Å². The lowest BCUT2D eigenvalue weighted by molar-refractivity contribution is -0.140. The molecule has 1 aliphatic rings. The zero-order chi connectivity index (χ0) is 25.0. The summed E-state index contributed by atoms with van der Waals surface area (Å²) < 4.78 is 33.7. The third-order valence-corrected chi connectivity index (χ3v) is 8.10. The summed E-state index contributed by atoms with van der Waals surface area (Å²) in [5, 5.41) is 9.83. The van der Waals surface area contributed by atoms with Gasteiger partial charge in [-0.15, -0.1) is 0 Å². The number of H-pyrrole nitrogens is 1. The summed E-state index contributed by atoms with van der Waals surface area (Å²) >= 11 is 0. The Hall–Kier alpha value is -3.21. The van der Waals surface area contributed by atoms with E-state index in [4.69, 9.17) is 4.74 Å². The molecular weight excluding hydrogens is 468 g/mol. The molecule has 2 heterocycles. The highest BCUT2D eigenvalue weighted by molar-refractivity contribution is 7.89. The zero-order valence-electron chi connectivity index (χ0n) is 19.7. The number of nitrogens with zero attached hydrogens (tertiary/aromatic N) is 2. The number of carboxylic acid groups (broad SMARTS) is 1. The molecule has 2 atom stereocenters. The number of hydrogen-bond acceptors (Lipinski definition) is 6. The second-order valence-corrected chi connectivity index (χ2v) is 10.4. The van der Waals surface area contributed by atoms with Crippen molar-refractivity contribution >= 4 is 16.0 Å². The number of imidazole rings is 1. The fourth-order valence-electron chi connectivity index (χ4n) is 4.51. The fraction of sp³-hybridized carbons (Fsp3) is 0.360. The first-order valence-corrected chi connectivity index (χ1v) is 13.0. The summed E-state index contributed by atoms with van der Waals surface area (Å²) in [6.07, 6.45) is 4.62. The molecule has 1 fully saturated rings. The van der Waals surface area contributed by atoms with Crippen LogP contribution in [0.25, 0.3) is 11.1 Å². The Labute approximate surface area is 205 Å². The number of benzene rings is 2. The molecule has 1 aromatic heterocycles. The first kappa shape index (κ1) is 24.9. The number of hydrogen-bond donors (Lipinski definition) is 3. The van der Waals surface area contributed by atoms with E-state index in [9.17, 15) is 18.3 Å². The molecule has 35 heavy (non-hydrogen) atoms. The molecule has 10 heteroatoms. The molecule has 1 saturated heterocycles. The van der Waals surface area contributed by atoms with Gasteiger partial charge in [-0.05, 0) is 74.2 Å².